The van der Waals surface area contributed by atoms with Crippen molar-refractivity contribution in [1.82, 2.24) is 10.2 Å². The summed E-state index contributed by atoms with van der Waals surface area (Å²) in [6, 6.07) is -0.292. The molecule has 5 nitrogen and oxygen atoms in total. The first-order valence-corrected chi connectivity index (χ1v) is 8.41. The van der Waals surface area contributed by atoms with Gasteiger partial charge in [-0.05, 0) is 25.2 Å². The van der Waals surface area contributed by atoms with E-state index < -0.39 is 10.8 Å². The zero-order valence-corrected chi connectivity index (χ0v) is 12.4. The van der Waals surface area contributed by atoms with E-state index in [-0.39, 0.29) is 30.4 Å². The summed E-state index contributed by atoms with van der Waals surface area (Å²) in [5.41, 5.74) is 0. The molecule has 2 aliphatic heterocycles. The van der Waals surface area contributed by atoms with Crippen LogP contribution in [0.15, 0.2) is 0 Å². The number of amides is 2. The number of nitrogens with one attached hydrogen (secondary N) is 1. The van der Waals surface area contributed by atoms with Crippen LogP contribution >= 0.6 is 0 Å². The second kappa shape index (κ2) is 6.03. The maximum Gasteiger partial charge on any atom is 0.245 e. The molecular formula is C13H22N2O3S. The van der Waals surface area contributed by atoms with Crippen molar-refractivity contribution >= 4 is 22.6 Å². The Labute approximate surface area is 116 Å². The normalized spacial score (nSPS) is 32.6. The van der Waals surface area contributed by atoms with Gasteiger partial charge < -0.3 is 10.2 Å². The molecule has 1 N–H and O–H groups in total. The molecule has 19 heavy (non-hydrogen) atoms. The van der Waals surface area contributed by atoms with Gasteiger partial charge in [-0.15, -0.1) is 0 Å². The Balaban J connectivity index is 2.04. The van der Waals surface area contributed by atoms with Crippen molar-refractivity contribution in [2.75, 3.05) is 18.1 Å². The highest BCUT2D eigenvalue weighted by atomic mass is 32.2. The van der Waals surface area contributed by atoms with Gasteiger partial charge in [0.25, 0.3) is 0 Å². The van der Waals surface area contributed by atoms with Crippen LogP contribution in [0.5, 0.6) is 0 Å². The smallest absolute Gasteiger partial charge is 0.245 e. The monoisotopic (exact) mass is 286 g/mol. The van der Waals surface area contributed by atoms with Crippen molar-refractivity contribution in [3.63, 3.8) is 0 Å². The number of piperazine rings is 1. The summed E-state index contributed by atoms with van der Waals surface area (Å²) in [6.45, 7) is 4.25. The van der Waals surface area contributed by atoms with Crippen LogP contribution in [0.2, 0.25) is 0 Å². The van der Waals surface area contributed by atoms with Crippen molar-refractivity contribution in [1.29, 1.82) is 0 Å². The van der Waals surface area contributed by atoms with Gasteiger partial charge in [0.15, 0.2) is 0 Å². The molecule has 2 amide bonds. The fourth-order valence-corrected chi connectivity index (χ4v) is 4.04. The molecule has 0 saturated carbocycles. The predicted molar refractivity (Wildman–Crippen MR) is 74.0 cm³/mol. The molecule has 2 saturated heterocycles. The van der Waals surface area contributed by atoms with Gasteiger partial charge in [-0.2, -0.15) is 0 Å². The summed E-state index contributed by atoms with van der Waals surface area (Å²) in [7, 11) is -0.742. The Morgan fingerprint density at radius 3 is 2.53 bits per heavy atom. The fourth-order valence-electron chi connectivity index (χ4n) is 2.77. The number of rotatable bonds is 3. The lowest BCUT2D eigenvalue weighted by Crippen LogP contribution is -2.61. The van der Waals surface area contributed by atoms with Crippen LogP contribution in [0.25, 0.3) is 0 Å². The van der Waals surface area contributed by atoms with Gasteiger partial charge in [0.05, 0.1) is 6.54 Å². The predicted octanol–water partition coefficient (Wildman–Crippen LogP) is 0.271. The topological polar surface area (TPSA) is 66.5 Å². The minimum Gasteiger partial charge on any atom is -0.343 e. The molecule has 1 unspecified atom stereocenters. The zero-order valence-electron chi connectivity index (χ0n) is 11.6. The SMILES string of the molecule is CC(C)CC1NC(=O)CN(C2CCS(=O)CC2)C1=O. The Kier molecular flexibility index (Phi) is 4.60. The summed E-state index contributed by atoms with van der Waals surface area (Å²) >= 11 is 0. The van der Waals surface area contributed by atoms with Crippen LogP contribution < -0.4 is 5.32 Å². The average Bonchev–Trinajstić information content (AvgIpc) is 2.34. The highest BCUT2D eigenvalue weighted by Crippen LogP contribution is 2.20. The molecular weight excluding hydrogens is 264 g/mol. The Morgan fingerprint density at radius 1 is 1.32 bits per heavy atom. The number of hydrogen-bond donors (Lipinski definition) is 1. The van der Waals surface area contributed by atoms with Crippen molar-refractivity contribution in [3.8, 4) is 0 Å². The first kappa shape index (κ1) is 14.5. The molecule has 2 aliphatic rings. The molecule has 0 bridgehead atoms. The van der Waals surface area contributed by atoms with Crippen LogP contribution in [-0.2, 0) is 20.4 Å². The quantitative estimate of drug-likeness (QED) is 0.810. The standard InChI is InChI=1S/C13H22N2O3S/c1-9(2)7-11-13(17)15(8-12(16)14-11)10-3-5-19(18)6-4-10/h9-11H,3-8H2,1-2H3,(H,14,16). The van der Waals surface area contributed by atoms with E-state index in [1.54, 1.807) is 4.90 Å². The summed E-state index contributed by atoms with van der Waals surface area (Å²) < 4.78 is 11.4. The second-order valence-corrected chi connectivity index (χ2v) is 7.49. The van der Waals surface area contributed by atoms with Crippen LogP contribution in [0.1, 0.15) is 33.1 Å². The highest BCUT2D eigenvalue weighted by Gasteiger charge is 2.37. The minimum atomic E-state index is -0.742. The van der Waals surface area contributed by atoms with Gasteiger partial charge in [-0.1, -0.05) is 13.8 Å². The molecule has 6 heteroatoms. The molecule has 0 spiro atoms. The van der Waals surface area contributed by atoms with Gasteiger partial charge >= 0.3 is 0 Å². The summed E-state index contributed by atoms with van der Waals surface area (Å²) in [5.74, 6) is 1.62. The Bertz CT molecular complexity index is 387. The summed E-state index contributed by atoms with van der Waals surface area (Å²) in [4.78, 5) is 25.9. The maximum absolute atomic E-state index is 12.4. The fraction of sp³-hybridized carbons (Fsp3) is 0.846. The number of carbonyl (C=O) groups is 2. The summed E-state index contributed by atoms with van der Waals surface area (Å²) in [6.07, 6.45) is 2.18. The van der Waals surface area contributed by atoms with Gasteiger partial charge in [-0.25, -0.2) is 0 Å². The lowest BCUT2D eigenvalue weighted by Gasteiger charge is -2.39. The number of carbonyl (C=O) groups excluding carboxylic acids is 2. The molecule has 2 rings (SSSR count). The lowest BCUT2D eigenvalue weighted by molar-refractivity contribution is -0.147. The van der Waals surface area contributed by atoms with Crippen molar-refractivity contribution < 1.29 is 13.8 Å². The molecule has 0 aliphatic carbocycles. The van der Waals surface area contributed by atoms with Crippen molar-refractivity contribution in [2.45, 2.75) is 45.2 Å². The first-order chi connectivity index (χ1) is 8.97. The summed E-state index contributed by atoms with van der Waals surface area (Å²) in [5, 5.41) is 2.79. The highest BCUT2D eigenvalue weighted by molar-refractivity contribution is 7.85. The zero-order chi connectivity index (χ0) is 14.0. The number of hydrogen-bond acceptors (Lipinski definition) is 3. The van der Waals surface area contributed by atoms with E-state index in [2.05, 4.69) is 5.32 Å². The average molecular weight is 286 g/mol. The van der Waals surface area contributed by atoms with E-state index in [9.17, 15) is 13.8 Å². The first-order valence-electron chi connectivity index (χ1n) is 6.92. The molecule has 108 valence electrons. The molecule has 2 heterocycles. The van der Waals surface area contributed by atoms with E-state index in [1.165, 1.54) is 0 Å². The van der Waals surface area contributed by atoms with E-state index in [0.717, 1.165) is 12.8 Å². The van der Waals surface area contributed by atoms with Gasteiger partial charge in [0, 0.05) is 28.3 Å². The molecule has 0 aromatic rings. The van der Waals surface area contributed by atoms with E-state index in [0.29, 0.717) is 23.8 Å². The van der Waals surface area contributed by atoms with Crippen LogP contribution in [0, 0.1) is 5.92 Å². The third kappa shape index (κ3) is 3.55. The van der Waals surface area contributed by atoms with Gasteiger partial charge in [0.2, 0.25) is 11.8 Å². The van der Waals surface area contributed by atoms with E-state index in [1.807, 2.05) is 13.8 Å². The molecule has 2 fully saturated rings. The van der Waals surface area contributed by atoms with Crippen LogP contribution in [0.3, 0.4) is 0 Å². The lowest BCUT2D eigenvalue weighted by atomic mass is 9.99. The third-order valence-electron chi connectivity index (χ3n) is 3.74. The molecule has 0 aromatic carbocycles. The Hall–Kier alpha value is -0.910. The molecule has 0 radical (unpaired) electrons. The molecule has 0 aromatic heterocycles. The van der Waals surface area contributed by atoms with Gasteiger partial charge in [0.1, 0.15) is 6.04 Å². The molecule has 1 atom stereocenters. The van der Waals surface area contributed by atoms with Gasteiger partial charge in [-0.3, -0.25) is 13.8 Å². The van der Waals surface area contributed by atoms with Crippen molar-refractivity contribution in [2.24, 2.45) is 5.92 Å². The third-order valence-corrected chi connectivity index (χ3v) is 5.12. The minimum absolute atomic E-state index is 0.0333. The maximum atomic E-state index is 12.4. The number of nitrogens with zero attached hydrogens (tertiary/aromatic N) is 1. The second-order valence-electron chi connectivity index (χ2n) is 5.80. The Morgan fingerprint density at radius 2 is 1.95 bits per heavy atom. The largest absolute Gasteiger partial charge is 0.343 e. The van der Waals surface area contributed by atoms with Crippen molar-refractivity contribution in [3.05, 3.63) is 0 Å². The van der Waals surface area contributed by atoms with E-state index >= 15 is 0 Å². The van der Waals surface area contributed by atoms with Crippen LogP contribution in [-0.4, -0.2) is 51.1 Å². The van der Waals surface area contributed by atoms with Crippen LogP contribution in [0.4, 0.5) is 0 Å². The van der Waals surface area contributed by atoms with E-state index in [4.69, 9.17) is 0 Å².